The molecule has 86 valence electrons. The zero-order valence-electron chi connectivity index (χ0n) is 7.96. The van der Waals surface area contributed by atoms with Crippen LogP contribution in [0.2, 0.25) is 0 Å². The summed E-state index contributed by atoms with van der Waals surface area (Å²) in [6.45, 7) is 0.397. The normalized spacial score (nSPS) is 14.6. The second kappa shape index (κ2) is 6.27. The van der Waals surface area contributed by atoms with E-state index in [2.05, 4.69) is 0 Å². The second-order valence-electron chi connectivity index (χ2n) is 2.78. The van der Waals surface area contributed by atoms with Gasteiger partial charge in [-0.25, -0.2) is 0 Å². The first-order chi connectivity index (χ1) is 6.38. The van der Waals surface area contributed by atoms with Gasteiger partial charge in [0.15, 0.2) is 0 Å². The summed E-state index contributed by atoms with van der Waals surface area (Å²) >= 11 is 0. The van der Waals surface area contributed by atoms with E-state index in [0.717, 1.165) is 7.05 Å². The number of hydrogen-bond donors (Lipinski definition) is 3. The third-order valence-electron chi connectivity index (χ3n) is 1.43. The SMILES string of the molecule is CN(CC(O)COCCN)S(=O)(=O)O. The van der Waals surface area contributed by atoms with Crippen LogP contribution in [0.5, 0.6) is 0 Å². The van der Waals surface area contributed by atoms with Crippen molar-refractivity contribution in [3.63, 3.8) is 0 Å². The van der Waals surface area contributed by atoms with Crippen molar-refractivity contribution in [1.82, 2.24) is 4.31 Å². The highest BCUT2D eigenvalue weighted by Gasteiger charge is 2.17. The highest BCUT2D eigenvalue weighted by molar-refractivity contribution is 7.83. The molecule has 0 fully saturated rings. The average molecular weight is 228 g/mol. The maximum absolute atomic E-state index is 10.5. The van der Waals surface area contributed by atoms with E-state index in [0.29, 0.717) is 17.5 Å². The third-order valence-corrected chi connectivity index (χ3v) is 2.37. The van der Waals surface area contributed by atoms with E-state index in [1.54, 1.807) is 0 Å². The lowest BCUT2D eigenvalue weighted by Gasteiger charge is -2.17. The van der Waals surface area contributed by atoms with Crippen LogP contribution in [0.4, 0.5) is 0 Å². The topological polar surface area (TPSA) is 113 Å². The molecule has 0 rings (SSSR count). The van der Waals surface area contributed by atoms with Gasteiger partial charge < -0.3 is 15.6 Å². The lowest BCUT2D eigenvalue weighted by atomic mass is 10.4. The highest BCUT2D eigenvalue weighted by Crippen LogP contribution is 1.96. The molecule has 0 aliphatic heterocycles. The fraction of sp³-hybridized carbons (Fsp3) is 1.00. The van der Waals surface area contributed by atoms with Crippen LogP contribution in [0.25, 0.3) is 0 Å². The van der Waals surface area contributed by atoms with Gasteiger partial charge in [0.1, 0.15) is 0 Å². The van der Waals surface area contributed by atoms with Crippen molar-refractivity contribution in [1.29, 1.82) is 0 Å². The van der Waals surface area contributed by atoms with Gasteiger partial charge in [0.05, 0.1) is 19.3 Å². The summed E-state index contributed by atoms with van der Waals surface area (Å²) in [5.41, 5.74) is 5.13. The van der Waals surface area contributed by atoms with Gasteiger partial charge in [0.2, 0.25) is 0 Å². The Hall–Kier alpha value is -0.250. The Morgan fingerprint density at radius 1 is 1.57 bits per heavy atom. The molecule has 0 bridgehead atoms. The molecule has 1 unspecified atom stereocenters. The van der Waals surface area contributed by atoms with Crippen LogP contribution >= 0.6 is 0 Å². The monoisotopic (exact) mass is 228 g/mol. The summed E-state index contributed by atoms with van der Waals surface area (Å²) in [5.74, 6) is 0. The molecule has 14 heavy (non-hydrogen) atoms. The van der Waals surface area contributed by atoms with Crippen LogP contribution in [0.15, 0.2) is 0 Å². The molecule has 0 aromatic rings. The van der Waals surface area contributed by atoms with Gasteiger partial charge in [-0.2, -0.15) is 12.7 Å². The minimum Gasteiger partial charge on any atom is -0.389 e. The summed E-state index contributed by atoms with van der Waals surface area (Å²) in [4.78, 5) is 0. The molecule has 0 saturated heterocycles. The van der Waals surface area contributed by atoms with Crippen LogP contribution in [0.1, 0.15) is 0 Å². The van der Waals surface area contributed by atoms with Gasteiger partial charge in [-0.15, -0.1) is 0 Å². The first kappa shape index (κ1) is 13.8. The van der Waals surface area contributed by atoms with Crippen molar-refractivity contribution in [3.05, 3.63) is 0 Å². The zero-order chi connectivity index (χ0) is 11.2. The summed E-state index contributed by atoms with van der Waals surface area (Å²) < 4.78 is 35.1. The molecule has 0 amide bonds. The Morgan fingerprint density at radius 2 is 2.14 bits per heavy atom. The molecular weight excluding hydrogens is 212 g/mol. The van der Waals surface area contributed by atoms with Crippen molar-refractivity contribution >= 4 is 10.3 Å². The predicted molar refractivity (Wildman–Crippen MR) is 50.1 cm³/mol. The van der Waals surface area contributed by atoms with Gasteiger partial charge in [0, 0.05) is 20.1 Å². The number of likely N-dealkylation sites (N-methyl/N-ethyl adjacent to an activating group) is 1. The van der Waals surface area contributed by atoms with Crippen molar-refractivity contribution in [2.24, 2.45) is 5.73 Å². The minimum absolute atomic E-state index is 0.0168. The lowest BCUT2D eigenvalue weighted by molar-refractivity contribution is 0.0323. The van der Waals surface area contributed by atoms with Crippen LogP contribution in [-0.4, -0.2) is 61.8 Å². The van der Waals surface area contributed by atoms with Crippen LogP contribution in [0.3, 0.4) is 0 Å². The summed E-state index contributed by atoms with van der Waals surface area (Å²) in [5, 5.41) is 9.23. The van der Waals surface area contributed by atoms with Gasteiger partial charge in [-0.1, -0.05) is 0 Å². The number of aliphatic hydroxyl groups excluding tert-OH is 1. The van der Waals surface area contributed by atoms with Crippen molar-refractivity contribution in [2.75, 3.05) is 33.4 Å². The smallest absolute Gasteiger partial charge is 0.335 e. The number of ether oxygens (including phenoxy) is 1. The molecule has 1 atom stereocenters. The van der Waals surface area contributed by atoms with E-state index < -0.39 is 16.4 Å². The maximum atomic E-state index is 10.5. The molecule has 8 heteroatoms. The second-order valence-corrected chi connectivity index (χ2v) is 4.29. The van der Waals surface area contributed by atoms with Crippen LogP contribution < -0.4 is 5.73 Å². The van der Waals surface area contributed by atoms with Gasteiger partial charge >= 0.3 is 10.3 Å². The molecule has 0 saturated carbocycles. The number of nitrogens with two attached hydrogens (primary N) is 1. The number of hydrogen-bond acceptors (Lipinski definition) is 5. The zero-order valence-corrected chi connectivity index (χ0v) is 8.77. The quantitative estimate of drug-likeness (QED) is 0.345. The van der Waals surface area contributed by atoms with Crippen molar-refractivity contribution < 1.29 is 22.8 Å². The molecule has 0 spiro atoms. The number of rotatable bonds is 7. The van der Waals surface area contributed by atoms with E-state index in [1.807, 2.05) is 0 Å². The lowest BCUT2D eigenvalue weighted by Crippen LogP contribution is -2.36. The Kier molecular flexibility index (Phi) is 6.16. The first-order valence-electron chi connectivity index (χ1n) is 4.02. The van der Waals surface area contributed by atoms with Crippen molar-refractivity contribution in [3.8, 4) is 0 Å². The Bertz CT molecular complexity index is 243. The molecule has 0 aromatic carbocycles. The molecule has 7 nitrogen and oxygen atoms in total. The molecule has 0 radical (unpaired) electrons. The Morgan fingerprint density at radius 3 is 2.57 bits per heavy atom. The molecular formula is C6H16N2O5S. The molecule has 0 heterocycles. The van der Waals surface area contributed by atoms with Gasteiger partial charge in [-0.05, 0) is 0 Å². The van der Waals surface area contributed by atoms with E-state index in [-0.39, 0.29) is 13.2 Å². The molecule has 0 aromatic heterocycles. The first-order valence-corrected chi connectivity index (χ1v) is 5.42. The van der Waals surface area contributed by atoms with E-state index in [4.69, 9.17) is 15.0 Å². The van der Waals surface area contributed by atoms with E-state index in [9.17, 15) is 13.5 Å². The van der Waals surface area contributed by atoms with E-state index >= 15 is 0 Å². The fourth-order valence-electron chi connectivity index (χ4n) is 0.746. The maximum Gasteiger partial charge on any atom is 0.335 e. The molecule has 4 N–H and O–H groups in total. The summed E-state index contributed by atoms with van der Waals surface area (Å²) in [6, 6.07) is 0. The molecule has 0 aliphatic rings. The molecule has 0 aliphatic carbocycles. The van der Waals surface area contributed by atoms with Gasteiger partial charge in [0.25, 0.3) is 0 Å². The Labute approximate surface area is 83.3 Å². The number of aliphatic hydroxyl groups is 1. The third kappa shape index (κ3) is 6.24. The predicted octanol–water partition coefficient (Wildman–Crippen LogP) is -1.94. The van der Waals surface area contributed by atoms with Crippen LogP contribution in [-0.2, 0) is 15.0 Å². The fourth-order valence-corrected chi connectivity index (χ4v) is 1.11. The van der Waals surface area contributed by atoms with Gasteiger partial charge in [-0.3, -0.25) is 4.55 Å². The average Bonchev–Trinajstić information content (AvgIpc) is 2.03. The van der Waals surface area contributed by atoms with E-state index in [1.165, 1.54) is 0 Å². The summed E-state index contributed by atoms with van der Waals surface area (Å²) in [7, 11) is -3.08. The largest absolute Gasteiger partial charge is 0.389 e. The summed E-state index contributed by atoms with van der Waals surface area (Å²) in [6.07, 6.45) is -0.978. The highest BCUT2D eigenvalue weighted by atomic mass is 32.2. The number of nitrogens with zero attached hydrogens (tertiary/aromatic N) is 1. The Balaban J connectivity index is 3.77. The van der Waals surface area contributed by atoms with Crippen molar-refractivity contribution in [2.45, 2.75) is 6.10 Å². The standard InChI is InChI=1S/C6H16N2O5S/c1-8(14(10,11)12)4-6(9)5-13-3-2-7/h6,9H,2-5,7H2,1H3,(H,10,11,12). The minimum atomic E-state index is -4.24. The van der Waals surface area contributed by atoms with Crippen LogP contribution in [0, 0.1) is 0 Å².